The van der Waals surface area contributed by atoms with Gasteiger partial charge in [0.05, 0.1) is 7.11 Å². The van der Waals surface area contributed by atoms with Crippen molar-refractivity contribution in [2.24, 2.45) is 0 Å². The molecule has 0 fully saturated rings. The Hall–Kier alpha value is -1.98. The molecule has 1 atom stereocenters. The quantitative estimate of drug-likeness (QED) is 0.609. The summed E-state index contributed by atoms with van der Waals surface area (Å²) in [5, 5.41) is 0. The van der Waals surface area contributed by atoms with Gasteiger partial charge in [0, 0.05) is 6.42 Å². The molecule has 0 bridgehead atoms. The van der Waals surface area contributed by atoms with E-state index in [0.29, 0.717) is 11.3 Å². The van der Waals surface area contributed by atoms with Gasteiger partial charge >= 0.3 is 12.1 Å². The van der Waals surface area contributed by atoms with Crippen molar-refractivity contribution in [1.82, 2.24) is 0 Å². The number of benzene rings is 1. The van der Waals surface area contributed by atoms with Gasteiger partial charge in [-0.05, 0) is 17.7 Å². The molecule has 0 saturated heterocycles. The van der Waals surface area contributed by atoms with Crippen molar-refractivity contribution in [1.29, 1.82) is 0 Å². The molecule has 0 aliphatic carbocycles. The van der Waals surface area contributed by atoms with E-state index in [2.05, 4.69) is 11.3 Å². The first kappa shape index (κ1) is 15.1. The molecule has 0 saturated carbocycles. The molecule has 19 heavy (non-hydrogen) atoms. The Labute approximate surface area is 108 Å². The number of halogens is 3. The van der Waals surface area contributed by atoms with Gasteiger partial charge in [-0.1, -0.05) is 18.2 Å². The van der Waals surface area contributed by atoms with Gasteiger partial charge in [0.25, 0.3) is 0 Å². The Balaban J connectivity index is 2.93. The molecule has 3 nitrogen and oxygen atoms in total. The third-order valence-corrected chi connectivity index (χ3v) is 2.33. The summed E-state index contributed by atoms with van der Waals surface area (Å²) in [6, 6.07) is 6.31. The van der Waals surface area contributed by atoms with E-state index in [9.17, 15) is 18.0 Å². The summed E-state index contributed by atoms with van der Waals surface area (Å²) in [4.78, 5) is 10.9. The minimum atomic E-state index is -5.02. The van der Waals surface area contributed by atoms with Crippen LogP contribution >= 0.6 is 0 Å². The fourth-order valence-electron chi connectivity index (χ4n) is 1.44. The highest BCUT2D eigenvalue weighted by Gasteiger charge is 2.42. The smallest absolute Gasteiger partial charge is 0.490 e. The van der Waals surface area contributed by atoms with Crippen LogP contribution < -0.4 is 4.74 Å². The van der Waals surface area contributed by atoms with Crippen LogP contribution in [0.3, 0.4) is 0 Å². The highest BCUT2D eigenvalue weighted by atomic mass is 19.4. The van der Waals surface area contributed by atoms with E-state index in [4.69, 9.17) is 4.74 Å². The van der Waals surface area contributed by atoms with Crippen molar-refractivity contribution in [3.8, 4) is 5.75 Å². The summed E-state index contributed by atoms with van der Waals surface area (Å²) in [6.45, 7) is 3.43. The molecule has 0 N–H and O–H groups in total. The molecule has 0 aliphatic rings. The van der Waals surface area contributed by atoms with Crippen LogP contribution in [0.25, 0.3) is 0 Å². The molecule has 6 heteroatoms. The topological polar surface area (TPSA) is 35.5 Å². The van der Waals surface area contributed by atoms with Crippen LogP contribution in [0.4, 0.5) is 13.2 Å². The summed E-state index contributed by atoms with van der Waals surface area (Å²) in [5.41, 5.74) is 0.414. The molecule has 104 valence electrons. The number of hydrogen-bond acceptors (Lipinski definition) is 3. The van der Waals surface area contributed by atoms with E-state index in [1.165, 1.54) is 19.3 Å². The molecule has 1 aromatic carbocycles. The second-order valence-electron chi connectivity index (χ2n) is 3.69. The number of carbonyl (C=O) groups excluding carboxylic acids is 1. The first-order valence-electron chi connectivity index (χ1n) is 5.41. The van der Waals surface area contributed by atoms with Crippen molar-refractivity contribution < 1.29 is 27.4 Å². The van der Waals surface area contributed by atoms with Gasteiger partial charge in [0.15, 0.2) is 0 Å². The number of methoxy groups -OCH3 is 1. The van der Waals surface area contributed by atoms with Crippen molar-refractivity contribution in [2.45, 2.75) is 18.7 Å². The average molecular weight is 274 g/mol. The van der Waals surface area contributed by atoms with E-state index >= 15 is 0 Å². The fourth-order valence-corrected chi connectivity index (χ4v) is 1.44. The maximum Gasteiger partial charge on any atom is 0.490 e. The first-order chi connectivity index (χ1) is 8.88. The van der Waals surface area contributed by atoms with Crippen molar-refractivity contribution in [3.05, 3.63) is 42.5 Å². The van der Waals surface area contributed by atoms with Gasteiger partial charge in [-0.2, -0.15) is 13.2 Å². The van der Waals surface area contributed by atoms with Crippen molar-refractivity contribution >= 4 is 5.97 Å². The lowest BCUT2D eigenvalue weighted by molar-refractivity contribution is -0.205. The van der Waals surface area contributed by atoms with Crippen LogP contribution in [0.1, 0.15) is 18.1 Å². The molecule has 0 spiro atoms. The van der Waals surface area contributed by atoms with Crippen LogP contribution in [0.5, 0.6) is 5.75 Å². The Bertz CT molecular complexity index is 455. The minimum absolute atomic E-state index is 0.0784. The number of rotatable bonds is 5. The lowest BCUT2D eigenvalue weighted by Gasteiger charge is -2.18. The molecule has 1 unspecified atom stereocenters. The van der Waals surface area contributed by atoms with Crippen LogP contribution in [-0.4, -0.2) is 19.3 Å². The van der Waals surface area contributed by atoms with E-state index in [1.807, 2.05) is 0 Å². The standard InChI is InChI=1S/C13H13F3O3/c1-3-5-11(19-12(17)13(14,15)16)9-6-4-7-10(8-9)18-2/h3-4,6-8,11H,1,5H2,2H3. The Morgan fingerprint density at radius 3 is 2.68 bits per heavy atom. The van der Waals surface area contributed by atoms with Crippen LogP contribution in [0.2, 0.25) is 0 Å². The largest absolute Gasteiger partial charge is 0.497 e. The Kier molecular flexibility index (Phi) is 4.97. The van der Waals surface area contributed by atoms with Crippen molar-refractivity contribution in [2.75, 3.05) is 7.11 Å². The second kappa shape index (κ2) is 6.26. The summed E-state index contributed by atoms with van der Waals surface area (Å²) >= 11 is 0. The predicted octanol–water partition coefficient (Wildman–Crippen LogP) is 3.42. The number of ether oxygens (including phenoxy) is 2. The van der Waals surface area contributed by atoms with Gasteiger partial charge in [0.1, 0.15) is 11.9 Å². The van der Waals surface area contributed by atoms with Gasteiger partial charge in [-0.25, -0.2) is 4.79 Å². The zero-order valence-electron chi connectivity index (χ0n) is 10.2. The van der Waals surface area contributed by atoms with Crippen LogP contribution in [0, 0.1) is 0 Å². The summed E-state index contributed by atoms with van der Waals surface area (Å²) in [6.07, 6.45) is -4.59. The highest BCUT2D eigenvalue weighted by Crippen LogP contribution is 2.28. The molecule has 0 heterocycles. The van der Waals surface area contributed by atoms with E-state index in [0.717, 1.165) is 0 Å². The summed E-state index contributed by atoms with van der Waals surface area (Å²) in [5.74, 6) is -1.75. The molecule has 1 rings (SSSR count). The van der Waals surface area contributed by atoms with Crippen molar-refractivity contribution in [3.63, 3.8) is 0 Å². The fraction of sp³-hybridized carbons (Fsp3) is 0.308. The van der Waals surface area contributed by atoms with Gasteiger partial charge < -0.3 is 9.47 Å². The maximum absolute atomic E-state index is 12.2. The number of hydrogen-bond donors (Lipinski definition) is 0. The zero-order valence-corrected chi connectivity index (χ0v) is 10.2. The first-order valence-corrected chi connectivity index (χ1v) is 5.41. The molecule has 0 aliphatic heterocycles. The Morgan fingerprint density at radius 2 is 2.16 bits per heavy atom. The minimum Gasteiger partial charge on any atom is -0.497 e. The Morgan fingerprint density at radius 1 is 1.47 bits per heavy atom. The van der Waals surface area contributed by atoms with Crippen LogP contribution in [-0.2, 0) is 9.53 Å². The molecule has 1 aromatic rings. The van der Waals surface area contributed by atoms with Gasteiger partial charge in [0.2, 0.25) is 0 Å². The number of esters is 1. The van der Waals surface area contributed by atoms with E-state index in [-0.39, 0.29) is 6.42 Å². The van der Waals surface area contributed by atoms with E-state index < -0.39 is 18.2 Å². The lowest BCUT2D eigenvalue weighted by Crippen LogP contribution is -2.27. The molecule has 0 aromatic heterocycles. The molecule has 0 amide bonds. The van der Waals surface area contributed by atoms with Crippen LogP contribution in [0.15, 0.2) is 36.9 Å². The molecule has 0 radical (unpaired) electrons. The summed E-state index contributed by atoms with van der Waals surface area (Å²) < 4.78 is 46.0. The monoisotopic (exact) mass is 274 g/mol. The normalized spacial score (nSPS) is 12.6. The maximum atomic E-state index is 12.2. The summed E-state index contributed by atoms with van der Waals surface area (Å²) in [7, 11) is 1.43. The molecular formula is C13H13F3O3. The molecular weight excluding hydrogens is 261 g/mol. The highest BCUT2D eigenvalue weighted by molar-refractivity contribution is 5.75. The van der Waals surface area contributed by atoms with Gasteiger partial charge in [-0.15, -0.1) is 6.58 Å². The predicted molar refractivity (Wildman–Crippen MR) is 62.7 cm³/mol. The van der Waals surface area contributed by atoms with Gasteiger partial charge in [-0.3, -0.25) is 0 Å². The lowest BCUT2D eigenvalue weighted by atomic mass is 10.1. The van der Waals surface area contributed by atoms with E-state index in [1.54, 1.807) is 18.2 Å². The third-order valence-electron chi connectivity index (χ3n) is 2.33. The zero-order chi connectivity index (χ0) is 14.5. The SMILES string of the molecule is C=CCC(OC(=O)C(F)(F)F)c1cccc(OC)c1. The number of carbonyl (C=O) groups is 1. The second-order valence-corrected chi connectivity index (χ2v) is 3.69. The number of alkyl halides is 3. The average Bonchev–Trinajstić information content (AvgIpc) is 2.37. The third kappa shape index (κ3) is 4.31.